The van der Waals surface area contributed by atoms with E-state index in [1.165, 1.54) is 0 Å². The number of aromatic nitrogens is 3. The van der Waals surface area contributed by atoms with Gasteiger partial charge in [0.25, 0.3) is 0 Å². The van der Waals surface area contributed by atoms with Crippen LogP contribution in [0.1, 0.15) is 31.2 Å². The predicted octanol–water partition coefficient (Wildman–Crippen LogP) is 2.07. The second-order valence-corrected chi connectivity index (χ2v) is 4.79. The molecule has 0 radical (unpaired) electrons. The lowest BCUT2D eigenvalue weighted by atomic mass is 9.99. The van der Waals surface area contributed by atoms with E-state index in [2.05, 4.69) is 30.0 Å². The lowest BCUT2D eigenvalue weighted by Gasteiger charge is -2.13. The van der Waals surface area contributed by atoms with Gasteiger partial charge < -0.3 is 10.5 Å². The summed E-state index contributed by atoms with van der Waals surface area (Å²) in [5, 5.41) is 4.27. The maximum absolute atomic E-state index is 5.58. The quantitative estimate of drug-likeness (QED) is 0.914. The highest BCUT2D eigenvalue weighted by atomic mass is 16.5. The van der Waals surface area contributed by atoms with Gasteiger partial charge in [0.15, 0.2) is 11.6 Å². The van der Waals surface area contributed by atoms with E-state index in [4.69, 9.17) is 10.5 Å². The third-order valence-corrected chi connectivity index (χ3v) is 3.10. The van der Waals surface area contributed by atoms with E-state index in [0.717, 1.165) is 22.7 Å². The van der Waals surface area contributed by atoms with Gasteiger partial charge in [-0.2, -0.15) is 5.10 Å². The van der Waals surface area contributed by atoms with Crippen molar-refractivity contribution in [3.05, 3.63) is 29.6 Å². The zero-order chi connectivity index (χ0) is 14.0. The van der Waals surface area contributed by atoms with Gasteiger partial charge in [-0.25, -0.2) is 9.67 Å². The second kappa shape index (κ2) is 5.40. The molecule has 0 aliphatic heterocycles. The van der Waals surface area contributed by atoms with E-state index < -0.39 is 0 Å². The van der Waals surface area contributed by atoms with E-state index in [0.29, 0.717) is 18.3 Å². The molecule has 5 heteroatoms. The van der Waals surface area contributed by atoms with Crippen LogP contribution in [-0.4, -0.2) is 21.9 Å². The monoisotopic (exact) mass is 260 g/mol. The third-order valence-electron chi connectivity index (χ3n) is 3.10. The molecule has 0 aliphatic carbocycles. The van der Waals surface area contributed by atoms with E-state index in [9.17, 15) is 0 Å². The van der Waals surface area contributed by atoms with Crippen molar-refractivity contribution in [2.24, 2.45) is 12.8 Å². The van der Waals surface area contributed by atoms with Crippen molar-refractivity contribution in [1.29, 1.82) is 0 Å². The molecule has 0 amide bonds. The summed E-state index contributed by atoms with van der Waals surface area (Å²) >= 11 is 0. The Morgan fingerprint density at radius 3 is 2.63 bits per heavy atom. The molecule has 0 aliphatic rings. The van der Waals surface area contributed by atoms with Crippen LogP contribution >= 0.6 is 0 Å². The fourth-order valence-corrected chi connectivity index (χ4v) is 2.10. The minimum atomic E-state index is 0.348. The van der Waals surface area contributed by atoms with Crippen molar-refractivity contribution >= 4 is 0 Å². The van der Waals surface area contributed by atoms with E-state index in [1.54, 1.807) is 11.8 Å². The van der Waals surface area contributed by atoms with Gasteiger partial charge in [-0.1, -0.05) is 13.8 Å². The maximum Gasteiger partial charge on any atom is 0.164 e. The summed E-state index contributed by atoms with van der Waals surface area (Å²) in [6.45, 7) is 4.63. The molecular weight excluding hydrogens is 240 g/mol. The number of aryl methyl sites for hydroxylation is 1. The van der Waals surface area contributed by atoms with Crippen molar-refractivity contribution in [1.82, 2.24) is 14.8 Å². The van der Waals surface area contributed by atoms with Crippen molar-refractivity contribution < 1.29 is 4.74 Å². The van der Waals surface area contributed by atoms with Crippen LogP contribution in [0.5, 0.6) is 5.75 Å². The second-order valence-electron chi connectivity index (χ2n) is 4.79. The van der Waals surface area contributed by atoms with Crippen LogP contribution in [0.2, 0.25) is 0 Å². The number of hydrogen-bond donors (Lipinski definition) is 1. The molecule has 2 rings (SSSR count). The first-order valence-corrected chi connectivity index (χ1v) is 6.35. The zero-order valence-electron chi connectivity index (χ0n) is 11.8. The summed E-state index contributed by atoms with van der Waals surface area (Å²) < 4.78 is 7.15. The smallest absolute Gasteiger partial charge is 0.164 e. The molecule has 0 fully saturated rings. The Bertz CT molecular complexity index is 575. The number of methoxy groups -OCH3 is 1. The van der Waals surface area contributed by atoms with Crippen LogP contribution < -0.4 is 10.5 Å². The minimum Gasteiger partial charge on any atom is -0.496 e. The number of benzene rings is 1. The molecule has 2 N–H and O–H groups in total. The molecule has 2 aromatic rings. The molecule has 1 aromatic carbocycles. The first-order chi connectivity index (χ1) is 9.06. The topological polar surface area (TPSA) is 66.0 Å². The summed E-state index contributed by atoms with van der Waals surface area (Å²) in [5.74, 6) is 2.77. The highest BCUT2D eigenvalue weighted by Crippen LogP contribution is 2.30. The lowest BCUT2D eigenvalue weighted by molar-refractivity contribution is 0.407. The molecule has 1 heterocycles. The molecule has 0 spiro atoms. The van der Waals surface area contributed by atoms with E-state index in [1.807, 2.05) is 19.2 Å². The average molecular weight is 260 g/mol. The van der Waals surface area contributed by atoms with Gasteiger partial charge in [-0.05, 0) is 29.7 Å². The van der Waals surface area contributed by atoms with E-state index in [-0.39, 0.29) is 0 Å². The summed E-state index contributed by atoms with van der Waals surface area (Å²) in [6.07, 6.45) is 0. The van der Waals surface area contributed by atoms with Gasteiger partial charge in [0.1, 0.15) is 5.75 Å². The molecule has 0 unspecified atom stereocenters. The van der Waals surface area contributed by atoms with Gasteiger partial charge in [-0.3, -0.25) is 0 Å². The summed E-state index contributed by atoms with van der Waals surface area (Å²) in [6, 6.07) is 6.07. The molecule has 0 bridgehead atoms. The van der Waals surface area contributed by atoms with Gasteiger partial charge in [0, 0.05) is 12.6 Å². The Labute approximate surface area is 113 Å². The Hall–Kier alpha value is -1.88. The summed E-state index contributed by atoms with van der Waals surface area (Å²) in [7, 11) is 3.57. The van der Waals surface area contributed by atoms with Crippen LogP contribution in [0.25, 0.3) is 11.4 Å². The van der Waals surface area contributed by atoms with Crippen molar-refractivity contribution in [3.63, 3.8) is 0 Å². The molecule has 0 atom stereocenters. The summed E-state index contributed by atoms with van der Waals surface area (Å²) in [4.78, 5) is 4.44. The Balaban J connectivity index is 2.50. The molecule has 0 saturated carbocycles. The SMILES string of the molecule is COc1ccc(-c2nc(CN)nn2C)cc1C(C)C. The molecule has 19 heavy (non-hydrogen) atoms. The Kier molecular flexibility index (Phi) is 3.85. The van der Waals surface area contributed by atoms with Crippen LogP contribution in [0.3, 0.4) is 0 Å². The highest BCUT2D eigenvalue weighted by molar-refractivity contribution is 5.59. The average Bonchev–Trinajstić information content (AvgIpc) is 2.79. The number of nitrogens with two attached hydrogens (primary N) is 1. The molecule has 5 nitrogen and oxygen atoms in total. The van der Waals surface area contributed by atoms with E-state index >= 15 is 0 Å². The minimum absolute atomic E-state index is 0.348. The zero-order valence-corrected chi connectivity index (χ0v) is 11.8. The molecule has 0 saturated heterocycles. The number of ether oxygens (including phenoxy) is 1. The first-order valence-electron chi connectivity index (χ1n) is 6.35. The van der Waals surface area contributed by atoms with Crippen LogP contribution in [0.15, 0.2) is 18.2 Å². The fourth-order valence-electron chi connectivity index (χ4n) is 2.10. The van der Waals surface area contributed by atoms with Crippen LogP contribution in [-0.2, 0) is 13.6 Å². The van der Waals surface area contributed by atoms with Gasteiger partial charge >= 0.3 is 0 Å². The van der Waals surface area contributed by atoms with Crippen LogP contribution in [0, 0.1) is 0 Å². The first kappa shape index (κ1) is 13.5. The largest absolute Gasteiger partial charge is 0.496 e. The van der Waals surface area contributed by atoms with Crippen molar-refractivity contribution in [2.45, 2.75) is 26.3 Å². The number of nitrogens with zero attached hydrogens (tertiary/aromatic N) is 3. The van der Waals surface area contributed by atoms with Gasteiger partial charge in [-0.15, -0.1) is 0 Å². The van der Waals surface area contributed by atoms with Crippen molar-refractivity contribution in [2.75, 3.05) is 7.11 Å². The Morgan fingerprint density at radius 2 is 2.11 bits per heavy atom. The highest BCUT2D eigenvalue weighted by Gasteiger charge is 2.13. The predicted molar refractivity (Wildman–Crippen MR) is 75.0 cm³/mol. The molecular formula is C14H20N4O. The molecule has 1 aromatic heterocycles. The number of hydrogen-bond acceptors (Lipinski definition) is 4. The Morgan fingerprint density at radius 1 is 1.37 bits per heavy atom. The van der Waals surface area contributed by atoms with Crippen LogP contribution in [0.4, 0.5) is 0 Å². The third kappa shape index (κ3) is 2.61. The van der Waals surface area contributed by atoms with Gasteiger partial charge in [0.05, 0.1) is 13.7 Å². The number of rotatable bonds is 4. The lowest BCUT2D eigenvalue weighted by Crippen LogP contribution is -1.99. The summed E-state index contributed by atoms with van der Waals surface area (Å²) in [5.41, 5.74) is 7.77. The maximum atomic E-state index is 5.58. The fraction of sp³-hybridized carbons (Fsp3) is 0.429. The standard InChI is InChI=1S/C14H20N4O/c1-9(2)11-7-10(5-6-12(11)19-4)14-16-13(8-15)17-18(14)3/h5-7,9H,8,15H2,1-4H3. The van der Waals surface area contributed by atoms with Gasteiger partial charge in [0.2, 0.25) is 0 Å². The normalized spacial score (nSPS) is 11.1. The van der Waals surface area contributed by atoms with Crippen molar-refractivity contribution in [3.8, 4) is 17.1 Å². The molecule has 102 valence electrons.